The lowest BCUT2D eigenvalue weighted by Crippen LogP contribution is -2.39. The molecule has 1 aromatic heterocycles. The summed E-state index contributed by atoms with van der Waals surface area (Å²) in [5, 5.41) is 15.7. The molecule has 0 unspecified atom stereocenters. The average Bonchev–Trinajstić information content (AvgIpc) is 3.15. The lowest BCUT2D eigenvalue weighted by molar-refractivity contribution is 0.0696. The average molecular weight is 440 g/mol. The van der Waals surface area contributed by atoms with Crippen molar-refractivity contribution in [3.8, 4) is 0 Å². The topological polar surface area (TPSA) is 90.3 Å². The molecule has 0 aliphatic carbocycles. The third kappa shape index (κ3) is 4.85. The van der Waals surface area contributed by atoms with E-state index in [0.29, 0.717) is 30.5 Å². The van der Waals surface area contributed by atoms with Gasteiger partial charge in [0.2, 0.25) is 0 Å². The Morgan fingerprint density at radius 2 is 2.17 bits per heavy atom. The Kier molecular flexibility index (Phi) is 7.05. The van der Waals surface area contributed by atoms with Gasteiger partial charge in [-0.2, -0.15) is 0 Å². The largest absolute Gasteiger partial charge is 0.381 e. The third-order valence-corrected chi connectivity index (χ3v) is 5.92. The molecule has 1 saturated heterocycles. The van der Waals surface area contributed by atoms with E-state index in [9.17, 15) is 9.18 Å². The van der Waals surface area contributed by atoms with Crippen LogP contribution in [0.1, 0.15) is 35.3 Å². The van der Waals surface area contributed by atoms with E-state index >= 15 is 0 Å². The van der Waals surface area contributed by atoms with Crippen molar-refractivity contribution in [1.29, 1.82) is 5.41 Å². The number of benzene rings is 1. The Labute approximate surface area is 177 Å². The van der Waals surface area contributed by atoms with Crippen molar-refractivity contribution >= 4 is 45.4 Å². The minimum atomic E-state index is -0.525. The minimum Gasteiger partial charge on any atom is -0.381 e. The fourth-order valence-electron chi connectivity index (χ4n) is 3.11. The summed E-state index contributed by atoms with van der Waals surface area (Å²) in [6.45, 7) is 3.41. The fourth-order valence-corrected chi connectivity index (χ4v) is 4.09. The lowest BCUT2D eigenvalue weighted by Gasteiger charge is -2.24. The molecule has 0 bridgehead atoms. The van der Waals surface area contributed by atoms with Crippen molar-refractivity contribution < 1.29 is 13.9 Å². The molecular formula is C19H23ClFN5O2S. The molecule has 0 radical (unpaired) electrons. The van der Waals surface area contributed by atoms with Crippen LogP contribution in [0.25, 0.3) is 0 Å². The number of hydrogen-bond donors (Lipinski definition) is 3. The monoisotopic (exact) mass is 439 g/mol. The Bertz CT molecular complexity index is 901. The molecule has 1 amide bonds. The number of carbonyl (C=O) groups is 1. The van der Waals surface area contributed by atoms with E-state index in [1.807, 2.05) is 6.92 Å². The number of amides is 1. The second-order valence-corrected chi connectivity index (χ2v) is 7.93. The minimum absolute atomic E-state index is 0.000520. The fraction of sp³-hybridized carbons (Fsp3) is 0.421. The number of anilines is 2. The van der Waals surface area contributed by atoms with Crippen LogP contribution in [0.5, 0.6) is 0 Å². The molecule has 29 heavy (non-hydrogen) atoms. The van der Waals surface area contributed by atoms with Crippen LogP contribution in [0.3, 0.4) is 0 Å². The summed E-state index contributed by atoms with van der Waals surface area (Å²) in [7, 11) is 1.70. The molecule has 3 rings (SSSR count). The van der Waals surface area contributed by atoms with Crippen LogP contribution >= 0.6 is 22.9 Å². The van der Waals surface area contributed by atoms with E-state index in [4.69, 9.17) is 21.7 Å². The normalized spacial score (nSPS) is 14.5. The van der Waals surface area contributed by atoms with Crippen molar-refractivity contribution in [1.82, 2.24) is 10.3 Å². The van der Waals surface area contributed by atoms with Gasteiger partial charge in [0.25, 0.3) is 5.91 Å². The van der Waals surface area contributed by atoms with Crippen molar-refractivity contribution in [2.45, 2.75) is 25.8 Å². The van der Waals surface area contributed by atoms with E-state index < -0.39 is 5.82 Å². The van der Waals surface area contributed by atoms with Gasteiger partial charge in [-0.1, -0.05) is 22.9 Å². The molecule has 1 fully saturated rings. The van der Waals surface area contributed by atoms with Crippen LogP contribution in [0.15, 0.2) is 18.2 Å². The Hall–Kier alpha value is -2.23. The molecular weight excluding hydrogens is 417 g/mol. The smallest absolute Gasteiger partial charge is 0.280 e. The maximum absolute atomic E-state index is 14.4. The van der Waals surface area contributed by atoms with Gasteiger partial charge in [0.05, 0.1) is 5.69 Å². The van der Waals surface area contributed by atoms with Gasteiger partial charge in [-0.25, -0.2) is 9.37 Å². The first-order valence-corrected chi connectivity index (χ1v) is 10.5. The Morgan fingerprint density at radius 3 is 2.79 bits per heavy atom. The highest BCUT2D eigenvalue weighted by atomic mass is 35.5. The number of carbonyl (C=O) groups excluding carboxylic acids is 1. The first kappa shape index (κ1) is 21.5. The zero-order valence-electron chi connectivity index (χ0n) is 16.2. The zero-order valence-corrected chi connectivity index (χ0v) is 17.8. The summed E-state index contributed by atoms with van der Waals surface area (Å²) in [5.41, 5.74) is 0.524. The predicted octanol–water partition coefficient (Wildman–Crippen LogP) is 3.74. The number of thiazole rings is 1. The van der Waals surface area contributed by atoms with E-state index in [1.165, 1.54) is 28.4 Å². The molecule has 1 aromatic carbocycles. The van der Waals surface area contributed by atoms with Gasteiger partial charge in [0.1, 0.15) is 16.5 Å². The van der Waals surface area contributed by atoms with Crippen LogP contribution in [0.2, 0.25) is 5.02 Å². The molecule has 3 N–H and O–H groups in total. The first-order valence-electron chi connectivity index (χ1n) is 9.33. The van der Waals surface area contributed by atoms with E-state index in [1.54, 1.807) is 13.1 Å². The lowest BCUT2D eigenvalue weighted by atomic mass is 10.1. The quantitative estimate of drug-likeness (QED) is 0.471. The predicted molar refractivity (Wildman–Crippen MR) is 114 cm³/mol. The van der Waals surface area contributed by atoms with E-state index in [-0.39, 0.29) is 33.5 Å². The second kappa shape index (κ2) is 9.51. The molecule has 0 spiro atoms. The van der Waals surface area contributed by atoms with Gasteiger partial charge in [-0.15, -0.1) is 0 Å². The van der Waals surface area contributed by atoms with Crippen LogP contribution in [-0.2, 0) is 4.74 Å². The molecule has 2 aromatic rings. The van der Waals surface area contributed by atoms with Crippen LogP contribution in [0.4, 0.5) is 15.1 Å². The maximum atomic E-state index is 14.4. The zero-order chi connectivity index (χ0) is 21.0. The van der Waals surface area contributed by atoms with Gasteiger partial charge in [0.15, 0.2) is 10.8 Å². The number of ether oxygens (including phenoxy) is 1. The van der Waals surface area contributed by atoms with Crippen LogP contribution in [-0.4, -0.2) is 49.6 Å². The highest BCUT2D eigenvalue weighted by Gasteiger charge is 2.25. The van der Waals surface area contributed by atoms with Gasteiger partial charge in [0, 0.05) is 37.9 Å². The van der Waals surface area contributed by atoms with Gasteiger partial charge in [-0.3, -0.25) is 10.2 Å². The molecule has 0 atom stereocenters. The number of hydrogen-bond acceptors (Lipinski definition) is 6. The Morgan fingerprint density at radius 1 is 1.45 bits per heavy atom. The van der Waals surface area contributed by atoms with Gasteiger partial charge >= 0.3 is 0 Å². The summed E-state index contributed by atoms with van der Waals surface area (Å²) in [6.07, 6.45) is 1.52. The summed E-state index contributed by atoms with van der Waals surface area (Å²) in [4.78, 5) is 18.5. The standard InChI is InChI=1S/C19H23ClFN5O2S/c1-3-26(14-5-4-11(20)10-13(14)21)16(22)15-18(23-2)29-19(25-15)17(27)24-12-6-8-28-9-7-12/h4-5,10,12,22-23H,3,6-9H2,1-2H3,(H,24,27). The molecule has 2 heterocycles. The van der Waals surface area contributed by atoms with Crippen molar-refractivity contribution in [3.63, 3.8) is 0 Å². The highest BCUT2D eigenvalue weighted by Crippen LogP contribution is 2.29. The van der Waals surface area contributed by atoms with E-state index in [2.05, 4.69) is 15.6 Å². The molecule has 7 nitrogen and oxygen atoms in total. The van der Waals surface area contributed by atoms with Crippen molar-refractivity contribution in [2.24, 2.45) is 0 Å². The third-order valence-electron chi connectivity index (χ3n) is 4.62. The van der Waals surface area contributed by atoms with E-state index in [0.717, 1.165) is 12.8 Å². The van der Waals surface area contributed by atoms with Crippen LogP contribution in [0, 0.1) is 11.2 Å². The van der Waals surface area contributed by atoms with Crippen molar-refractivity contribution in [3.05, 3.63) is 39.7 Å². The number of nitrogens with one attached hydrogen (secondary N) is 3. The maximum Gasteiger partial charge on any atom is 0.280 e. The van der Waals surface area contributed by atoms with Crippen molar-refractivity contribution in [2.75, 3.05) is 37.0 Å². The Balaban J connectivity index is 1.84. The molecule has 1 aliphatic heterocycles. The number of amidine groups is 1. The first-order chi connectivity index (χ1) is 13.9. The van der Waals surface area contributed by atoms with Crippen LogP contribution < -0.4 is 15.5 Å². The SMILES string of the molecule is CCN(C(=N)c1nc(C(=O)NC2CCOCC2)sc1NC)c1ccc(Cl)cc1F. The molecule has 0 saturated carbocycles. The number of aromatic nitrogens is 1. The summed E-state index contributed by atoms with van der Waals surface area (Å²) in [5.74, 6) is -0.805. The number of halogens is 2. The van der Waals surface area contributed by atoms with Gasteiger partial charge in [-0.05, 0) is 38.0 Å². The molecule has 1 aliphatic rings. The second-order valence-electron chi connectivity index (χ2n) is 6.50. The molecule has 156 valence electrons. The number of nitrogens with zero attached hydrogens (tertiary/aromatic N) is 2. The van der Waals surface area contributed by atoms with Gasteiger partial charge < -0.3 is 20.3 Å². The highest BCUT2D eigenvalue weighted by molar-refractivity contribution is 7.18. The summed E-state index contributed by atoms with van der Waals surface area (Å²) in [6, 6.07) is 4.36. The summed E-state index contributed by atoms with van der Waals surface area (Å²) >= 11 is 7.01. The summed E-state index contributed by atoms with van der Waals surface area (Å²) < 4.78 is 19.7. The number of rotatable bonds is 6. The molecule has 10 heteroatoms.